The molecule has 0 aliphatic heterocycles. The number of carbonyl (C=O) groups excluding carboxylic acids is 4. The highest BCUT2D eigenvalue weighted by Crippen LogP contribution is 2.30. The third-order valence-corrected chi connectivity index (χ3v) is 10.3. The lowest BCUT2D eigenvalue weighted by atomic mass is 9.97. The van der Waals surface area contributed by atoms with Crippen LogP contribution in [0, 0.1) is 17.2 Å². The van der Waals surface area contributed by atoms with Gasteiger partial charge in [-0.3, -0.25) is 20.3 Å². The first-order chi connectivity index (χ1) is 23.0. The largest absolute Gasteiger partial charge is 0.444 e. The minimum atomic E-state index is -0.821. The van der Waals surface area contributed by atoms with Crippen molar-refractivity contribution in [1.29, 1.82) is 5.41 Å². The summed E-state index contributed by atoms with van der Waals surface area (Å²) in [6, 6.07) is -1.54. The van der Waals surface area contributed by atoms with E-state index in [4.69, 9.17) is 20.6 Å². The van der Waals surface area contributed by atoms with Crippen LogP contribution in [0.15, 0.2) is 4.99 Å². The van der Waals surface area contributed by atoms with Crippen molar-refractivity contribution in [1.82, 2.24) is 20.8 Å². The molecule has 0 aromatic carbocycles. The molecule has 1 aromatic rings. The number of nitrogens with zero attached hydrogens (tertiary/aromatic N) is 3. The topological polar surface area (TPSA) is 211 Å². The SMILES string of the molecule is CC(C)(C)OC(=O)NC(C(=O)N=C(N)SC(=N)CCSCCc1nnc(NC(=O)C(NC(=O)OC(C)(C)C)C2CCCC2)s1)C1CCCC1. The first-order valence-corrected chi connectivity index (χ1v) is 19.6. The minimum absolute atomic E-state index is 0.0327. The van der Waals surface area contributed by atoms with Gasteiger partial charge in [0.05, 0.1) is 5.04 Å². The second-order valence-corrected chi connectivity index (χ2v) is 17.7. The molecule has 1 heterocycles. The van der Waals surface area contributed by atoms with Gasteiger partial charge in [0.15, 0.2) is 5.17 Å². The van der Waals surface area contributed by atoms with Gasteiger partial charge in [0.2, 0.25) is 11.0 Å². The number of amidine groups is 1. The molecular formula is C32H52N8O6S3. The molecule has 4 amide bonds. The molecule has 2 aliphatic rings. The first kappa shape index (κ1) is 40.5. The zero-order valence-corrected chi connectivity index (χ0v) is 31.8. The van der Waals surface area contributed by atoms with Crippen molar-refractivity contribution in [3.8, 4) is 0 Å². The molecule has 49 heavy (non-hydrogen) atoms. The average molecular weight is 741 g/mol. The molecule has 2 fully saturated rings. The predicted molar refractivity (Wildman–Crippen MR) is 196 cm³/mol. The van der Waals surface area contributed by atoms with Crippen LogP contribution in [0.2, 0.25) is 0 Å². The smallest absolute Gasteiger partial charge is 0.408 e. The molecule has 3 rings (SSSR count). The summed E-state index contributed by atoms with van der Waals surface area (Å²) in [5.74, 6) is 0.514. The van der Waals surface area contributed by atoms with Gasteiger partial charge in [-0.2, -0.15) is 16.8 Å². The van der Waals surface area contributed by atoms with E-state index in [1.807, 2.05) is 0 Å². The Hall–Kier alpha value is -2.92. The van der Waals surface area contributed by atoms with Gasteiger partial charge in [-0.1, -0.05) is 37.0 Å². The lowest BCUT2D eigenvalue weighted by molar-refractivity contribution is -0.121. The molecule has 274 valence electrons. The second kappa shape index (κ2) is 18.9. The number of amides is 4. The highest BCUT2D eigenvalue weighted by atomic mass is 32.2. The summed E-state index contributed by atoms with van der Waals surface area (Å²) in [5.41, 5.74) is 4.65. The molecule has 2 atom stereocenters. The Bertz CT molecular complexity index is 1330. The quantitative estimate of drug-likeness (QED) is 0.0918. The van der Waals surface area contributed by atoms with E-state index in [1.165, 1.54) is 11.3 Å². The zero-order chi connectivity index (χ0) is 36.2. The van der Waals surface area contributed by atoms with E-state index in [0.717, 1.165) is 73.9 Å². The summed E-state index contributed by atoms with van der Waals surface area (Å²) in [5, 5.41) is 26.2. The number of thioether (sulfide) groups is 2. The molecule has 2 unspecified atom stereocenters. The van der Waals surface area contributed by atoms with E-state index < -0.39 is 41.4 Å². The monoisotopic (exact) mass is 740 g/mol. The molecule has 1 aromatic heterocycles. The summed E-state index contributed by atoms with van der Waals surface area (Å²) < 4.78 is 10.7. The van der Waals surface area contributed by atoms with E-state index in [9.17, 15) is 19.2 Å². The number of carbonyl (C=O) groups is 4. The van der Waals surface area contributed by atoms with Gasteiger partial charge in [0.25, 0.3) is 5.91 Å². The fraction of sp³-hybridized carbons (Fsp3) is 0.750. The lowest BCUT2D eigenvalue weighted by Crippen LogP contribution is -2.49. The molecule has 2 saturated carbocycles. The summed E-state index contributed by atoms with van der Waals surface area (Å²) in [6.45, 7) is 10.6. The van der Waals surface area contributed by atoms with Crippen LogP contribution >= 0.6 is 34.9 Å². The number of alkyl carbamates (subject to hydrolysis) is 2. The number of aryl methyl sites for hydroxylation is 1. The van der Waals surface area contributed by atoms with Crippen LogP contribution in [0.4, 0.5) is 14.7 Å². The van der Waals surface area contributed by atoms with Gasteiger partial charge in [-0.15, -0.1) is 10.2 Å². The number of hydrogen-bond acceptors (Lipinski definition) is 12. The number of ether oxygens (including phenoxy) is 2. The van der Waals surface area contributed by atoms with Crippen LogP contribution in [0.25, 0.3) is 0 Å². The first-order valence-electron chi connectivity index (χ1n) is 16.8. The number of aromatic nitrogens is 2. The highest BCUT2D eigenvalue weighted by Gasteiger charge is 2.35. The minimum Gasteiger partial charge on any atom is -0.444 e. The van der Waals surface area contributed by atoms with Crippen molar-refractivity contribution in [3.05, 3.63) is 5.01 Å². The summed E-state index contributed by atoms with van der Waals surface area (Å²) in [7, 11) is 0. The van der Waals surface area contributed by atoms with Crippen LogP contribution < -0.4 is 21.7 Å². The number of nitrogens with two attached hydrogens (primary N) is 1. The van der Waals surface area contributed by atoms with Gasteiger partial charge in [-0.05, 0) is 102 Å². The number of aliphatic imine (C=N–C) groups is 1. The standard InChI is InChI=1S/C32H52N8O6S3/c1-31(2,3)45-29(43)35-23(19-11-7-8-12-19)25(41)37-27(34)48-21(33)15-17-47-18-16-22-39-40-28(49-22)38-26(42)24(20-13-9-10-14-20)36-30(44)46-32(4,5)6/h19-20,23-24,33H,7-18H2,1-6H3,(H,35,43)(H,36,44)(H2,34,37,41)(H,38,40,42). The van der Waals surface area contributed by atoms with Crippen molar-refractivity contribution < 1.29 is 28.7 Å². The van der Waals surface area contributed by atoms with E-state index >= 15 is 0 Å². The number of hydrogen-bond donors (Lipinski definition) is 5. The van der Waals surface area contributed by atoms with Crippen LogP contribution in [-0.4, -0.2) is 79.2 Å². The maximum atomic E-state index is 13.2. The molecule has 14 nitrogen and oxygen atoms in total. The number of nitrogens with one attached hydrogen (secondary N) is 4. The molecule has 0 saturated heterocycles. The fourth-order valence-electron chi connectivity index (χ4n) is 5.62. The molecule has 0 radical (unpaired) electrons. The molecule has 17 heteroatoms. The Labute approximate surface area is 301 Å². The zero-order valence-electron chi connectivity index (χ0n) is 29.4. The summed E-state index contributed by atoms with van der Waals surface area (Å²) in [6.07, 6.45) is 7.09. The normalized spacial score (nSPS) is 17.3. The second-order valence-electron chi connectivity index (χ2n) is 14.3. The van der Waals surface area contributed by atoms with E-state index in [0.29, 0.717) is 23.7 Å². The van der Waals surface area contributed by atoms with E-state index in [2.05, 4.69) is 31.1 Å². The van der Waals surface area contributed by atoms with Crippen molar-refractivity contribution in [2.75, 3.05) is 16.8 Å². The molecule has 0 bridgehead atoms. The Morgan fingerprint density at radius 1 is 0.898 bits per heavy atom. The van der Waals surface area contributed by atoms with Crippen LogP contribution in [-0.2, 0) is 25.5 Å². The van der Waals surface area contributed by atoms with Crippen LogP contribution in [0.1, 0.15) is 104 Å². The molecule has 6 N–H and O–H groups in total. The highest BCUT2D eigenvalue weighted by molar-refractivity contribution is 8.26. The Balaban J connectivity index is 1.41. The van der Waals surface area contributed by atoms with Crippen molar-refractivity contribution in [2.45, 2.75) is 129 Å². The average Bonchev–Trinajstić information content (AvgIpc) is 3.76. The van der Waals surface area contributed by atoms with Gasteiger partial charge in [-0.25, -0.2) is 9.59 Å². The Morgan fingerprint density at radius 2 is 1.43 bits per heavy atom. The van der Waals surface area contributed by atoms with Gasteiger partial charge >= 0.3 is 12.2 Å². The van der Waals surface area contributed by atoms with Crippen LogP contribution in [0.5, 0.6) is 0 Å². The van der Waals surface area contributed by atoms with E-state index in [-0.39, 0.29) is 28.0 Å². The summed E-state index contributed by atoms with van der Waals surface area (Å²) in [4.78, 5) is 55.0. The molecular weight excluding hydrogens is 689 g/mol. The third kappa shape index (κ3) is 15.2. The summed E-state index contributed by atoms with van der Waals surface area (Å²) >= 11 is 3.86. The van der Waals surface area contributed by atoms with Gasteiger partial charge < -0.3 is 25.8 Å². The molecule has 0 spiro atoms. The van der Waals surface area contributed by atoms with Gasteiger partial charge in [0.1, 0.15) is 28.3 Å². The third-order valence-electron chi connectivity index (χ3n) is 7.71. The Morgan fingerprint density at radius 3 is 1.98 bits per heavy atom. The van der Waals surface area contributed by atoms with Crippen molar-refractivity contribution >= 4 is 74.2 Å². The number of rotatable bonds is 13. The van der Waals surface area contributed by atoms with Crippen molar-refractivity contribution in [2.24, 2.45) is 22.6 Å². The van der Waals surface area contributed by atoms with Gasteiger partial charge in [0, 0.05) is 12.8 Å². The fourth-order valence-corrected chi connectivity index (χ4v) is 8.11. The maximum absolute atomic E-state index is 13.2. The van der Waals surface area contributed by atoms with E-state index in [1.54, 1.807) is 53.3 Å². The Kier molecular flexibility index (Phi) is 15.6. The van der Waals surface area contributed by atoms with Crippen LogP contribution in [0.3, 0.4) is 0 Å². The molecule has 2 aliphatic carbocycles. The van der Waals surface area contributed by atoms with Crippen molar-refractivity contribution in [3.63, 3.8) is 0 Å². The lowest BCUT2D eigenvalue weighted by Gasteiger charge is -2.26. The number of anilines is 1. The maximum Gasteiger partial charge on any atom is 0.408 e. The predicted octanol–water partition coefficient (Wildman–Crippen LogP) is 5.86.